The summed E-state index contributed by atoms with van der Waals surface area (Å²) >= 11 is 0. The number of amides is 3. The summed E-state index contributed by atoms with van der Waals surface area (Å²) in [7, 11) is 0. The quantitative estimate of drug-likeness (QED) is 0.126. The molecule has 4 aromatic carbocycles. The number of nitrogens with one attached hydrogen (secondary N) is 3. The smallest absolute Gasteiger partial charge is 0.412 e. The van der Waals surface area contributed by atoms with Crippen molar-refractivity contribution >= 4 is 35.1 Å². The highest BCUT2D eigenvalue weighted by Crippen LogP contribution is 2.24. The summed E-state index contributed by atoms with van der Waals surface area (Å²) in [5, 5.41) is 8.63. The number of hydrogen-bond acceptors (Lipinski definition) is 6. The number of rotatable bonds is 13. The van der Waals surface area contributed by atoms with E-state index in [-0.39, 0.29) is 17.4 Å². The molecule has 1 heterocycles. The molecule has 0 radical (unpaired) electrons. The van der Waals surface area contributed by atoms with Gasteiger partial charge in [-0.1, -0.05) is 66.7 Å². The Morgan fingerprint density at radius 2 is 1.36 bits per heavy atom. The van der Waals surface area contributed by atoms with Crippen molar-refractivity contribution in [1.82, 2.24) is 10.2 Å². The standard InChI is InChI=1S/C40H43FN4O5/c1-27(46)32-10-6-12-35(24-32)42-39(48)44-37(23-29-8-4-3-5-9-29)38(50-40(49)43-36-13-7-11-33(25-36)28(2)47)26-45-20-18-31(19-21-45)22-30-14-16-34(41)17-15-30/h3-17,24-25,31,37-38H,18-23,26H2,1-2H3,(H,43,49)(H2,42,44,48)/t37-,38-/m0/s1. The second kappa shape index (κ2) is 17.3. The fourth-order valence-corrected chi connectivity index (χ4v) is 6.22. The van der Waals surface area contributed by atoms with Crippen LogP contribution in [0.3, 0.4) is 0 Å². The van der Waals surface area contributed by atoms with Gasteiger partial charge in [0.05, 0.1) is 6.04 Å². The SMILES string of the molecule is CC(=O)c1cccc(NC(=O)N[C@@H](Cc2ccccc2)[C@H](CN2CCC(Cc3ccc(F)cc3)CC2)OC(=O)Nc2cccc(C(C)=O)c2)c1. The van der Waals surface area contributed by atoms with Crippen molar-refractivity contribution in [2.45, 2.75) is 51.7 Å². The molecule has 1 fully saturated rings. The molecule has 3 amide bonds. The normalized spacial score (nSPS) is 14.6. The van der Waals surface area contributed by atoms with Crippen LogP contribution in [0.2, 0.25) is 0 Å². The van der Waals surface area contributed by atoms with E-state index in [2.05, 4.69) is 20.9 Å². The summed E-state index contributed by atoms with van der Waals surface area (Å²) in [6.07, 6.45) is 1.58. The monoisotopic (exact) mass is 678 g/mol. The maximum Gasteiger partial charge on any atom is 0.412 e. The zero-order valence-corrected chi connectivity index (χ0v) is 28.4. The van der Waals surface area contributed by atoms with Crippen molar-refractivity contribution < 1.29 is 28.3 Å². The number of piperidine rings is 1. The summed E-state index contributed by atoms with van der Waals surface area (Å²) < 4.78 is 19.6. The molecule has 260 valence electrons. The predicted molar refractivity (Wildman–Crippen MR) is 192 cm³/mol. The van der Waals surface area contributed by atoms with E-state index in [4.69, 9.17) is 4.74 Å². The van der Waals surface area contributed by atoms with Gasteiger partial charge in [0.15, 0.2) is 11.6 Å². The number of likely N-dealkylation sites (tertiary alicyclic amines) is 1. The first-order valence-electron chi connectivity index (χ1n) is 16.9. The molecule has 3 N–H and O–H groups in total. The van der Waals surface area contributed by atoms with Gasteiger partial charge in [-0.2, -0.15) is 0 Å². The number of ether oxygens (including phenoxy) is 1. The average molecular weight is 679 g/mol. The Morgan fingerprint density at radius 3 is 1.96 bits per heavy atom. The summed E-state index contributed by atoms with van der Waals surface area (Å²) in [5.41, 5.74) is 3.84. The summed E-state index contributed by atoms with van der Waals surface area (Å²) in [5.74, 6) is -0.0645. The second-order valence-corrected chi connectivity index (χ2v) is 12.8. The average Bonchev–Trinajstić information content (AvgIpc) is 3.10. The number of benzene rings is 4. The van der Waals surface area contributed by atoms with Gasteiger partial charge in [0.25, 0.3) is 0 Å². The molecule has 0 bridgehead atoms. The Morgan fingerprint density at radius 1 is 0.760 bits per heavy atom. The molecular weight excluding hydrogens is 635 g/mol. The number of carbonyl (C=O) groups excluding carboxylic acids is 4. The van der Waals surface area contributed by atoms with E-state index in [0.29, 0.717) is 41.4 Å². The van der Waals surface area contributed by atoms with Crippen LogP contribution in [0.4, 0.5) is 25.4 Å². The van der Waals surface area contributed by atoms with Gasteiger partial charge in [-0.3, -0.25) is 19.8 Å². The molecule has 0 unspecified atom stereocenters. The van der Waals surface area contributed by atoms with Gasteiger partial charge < -0.3 is 15.4 Å². The molecule has 0 spiro atoms. The number of carbonyl (C=O) groups is 4. The minimum atomic E-state index is -0.769. The lowest BCUT2D eigenvalue weighted by Crippen LogP contribution is -2.53. The molecule has 9 nitrogen and oxygen atoms in total. The first kappa shape index (κ1) is 35.9. The van der Waals surface area contributed by atoms with Gasteiger partial charge in [-0.25, -0.2) is 14.0 Å². The van der Waals surface area contributed by atoms with Crippen molar-refractivity contribution in [3.05, 3.63) is 131 Å². The molecule has 1 aliphatic heterocycles. The number of hydrogen-bond donors (Lipinski definition) is 3. The number of anilines is 2. The molecular formula is C40H43FN4O5. The topological polar surface area (TPSA) is 117 Å². The zero-order chi connectivity index (χ0) is 35.5. The molecule has 0 aliphatic carbocycles. The van der Waals surface area contributed by atoms with Crippen LogP contribution in [-0.4, -0.2) is 60.4 Å². The molecule has 10 heteroatoms. The number of Topliss-reactive ketones (excluding diaryl/α,β-unsaturated/α-hetero) is 2. The lowest BCUT2D eigenvalue weighted by atomic mass is 9.90. The van der Waals surface area contributed by atoms with Crippen molar-refractivity contribution in [3.8, 4) is 0 Å². The third-order valence-corrected chi connectivity index (χ3v) is 8.95. The van der Waals surface area contributed by atoms with Crippen molar-refractivity contribution in [1.29, 1.82) is 0 Å². The number of urea groups is 1. The Kier molecular flexibility index (Phi) is 12.5. The molecule has 4 aromatic rings. The van der Waals surface area contributed by atoms with E-state index >= 15 is 0 Å². The van der Waals surface area contributed by atoms with Gasteiger partial charge in [0.1, 0.15) is 11.9 Å². The summed E-state index contributed by atoms with van der Waals surface area (Å²) in [4.78, 5) is 53.0. The maximum absolute atomic E-state index is 13.5. The summed E-state index contributed by atoms with van der Waals surface area (Å²) in [6.45, 7) is 4.80. The van der Waals surface area contributed by atoms with E-state index in [1.165, 1.54) is 26.0 Å². The van der Waals surface area contributed by atoms with Gasteiger partial charge in [0.2, 0.25) is 0 Å². The van der Waals surface area contributed by atoms with E-state index < -0.39 is 24.3 Å². The highest BCUT2D eigenvalue weighted by molar-refractivity contribution is 5.97. The fraction of sp³-hybridized carbons (Fsp3) is 0.300. The van der Waals surface area contributed by atoms with Gasteiger partial charge in [0, 0.05) is 29.0 Å². The molecule has 0 aromatic heterocycles. The lowest BCUT2D eigenvalue weighted by Gasteiger charge is -2.36. The number of halogens is 1. The fourth-order valence-electron chi connectivity index (χ4n) is 6.22. The van der Waals surface area contributed by atoms with Crippen LogP contribution in [0.5, 0.6) is 0 Å². The largest absolute Gasteiger partial charge is 0.442 e. The van der Waals surface area contributed by atoms with Gasteiger partial charge in [-0.05, 0) is 106 Å². The van der Waals surface area contributed by atoms with Crippen LogP contribution >= 0.6 is 0 Å². The highest BCUT2D eigenvalue weighted by atomic mass is 19.1. The minimum Gasteiger partial charge on any atom is -0.442 e. The third-order valence-electron chi connectivity index (χ3n) is 8.95. The van der Waals surface area contributed by atoms with Crippen molar-refractivity contribution in [2.24, 2.45) is 5.92 Å². The second-order valence-electron chi connectivity index (χ2n) is 12.8. The van der Waals surface area contributed by atoms with Crippen LogP contribution in [0.1, 0.15) is 58.5 Å². The van der Waals surface area contributed by atoms with Crippen LogP contribution in [0.15, 0.2) is 103 Å². The van der Waals surface area contributed by atoms with Crippen LogP contribution in [0.25, 0.3) is 0 Å². The molecule has 0 saturated carbocycles. The maximum atomic E-state index is 13.5. The Labute approximate surface area is 292 Å². The highest BCUT2D eigenvalue weighted by Gasteiger charge is 2.31. The third kappa shape index (κ3) is 10.8. The summed E-state index contributed by atoms with van der Waals surface area (Å²) in [6, 6.07) is 28.5. The Balaban J connectivity index is 1.34. The van der Waals surface area contributed by atoms with E-state index in [0.717, 1.165) is 43.5 Å². The molecule has 1 aliphatic rings. The lowest BCUT2D eigenvalue weighted by molar-refractivity contribution is 0.0471. The Bertz CT molecular complexity index is 1770. The van der Waals surface area contributed by atoms with Crippen LogP contribution < -0.4 is 16.0 Å². The molecule has 1 saturated heterocycles. The van der Waals surface area contributed by atoms with Crippen LogP contribution in [0, 0.1) is 11.7 Å². The van der Waals surface area contributed by atoms with E-state index in [1.54, 1.807) is 48.5 Å². The number of ketones is 2. The first-order chi connectivity index (χ1) is 24.1. The first-order valence-corrected chi connectivity index (χ1v) is 16.9. The molecule has 50 heavy (non-hydrogen) atoms. The minimum absolute atomic E-state index is 0.120. The predicted octanol–water partition coefficient (Wildman–Crippen LogP) is 7.54. The number of nitrogens with zero attached hydrogens (tertiary/aromatic N) is 1. The molecule has 2 atom stereocenters. The van der Waals surface area contributed by atoms with E-state index in [1.807, 2.05) is 42.5 Å². The van der Waals surface area contributed by atoms with Gasteiger partial charge in [-0.15, -0.1) is 0 Å². The van der Waals surface area contributed by atoms with Crippen molar-refractivity contribution in [2.75, 3.05) is 30.3 Å². The van der Waals surface area contributed by atoms with Crippen molar-refractivity contribution in [3.63, 3.8) is 0 Å². The van der Waals surface area contributed by atoms with Gasteiger partial charge >= 0.3 is 12.1 Å². The van der Waals surface area contributed by atoms with E-state index in [9.17, 15) is 23.6 Å². The molecule has 5 rings (SSSR count). The Hall–Kier alpha value is -5.35. The van der Waals surface area contributed by atoms with Crippen LogP contribution in [-0.2, 0) is 17.6 Å². The zero-order valence-electron chi connectivity index (χ0n) is 28.4.